The molecular formula is C29H36N8O4. The zero-order valence-electron chi connectivity index (χ0n) is 24.3. The summed E-state index contributed by atoms with van der Waals surface area (Å²) in [5.41, 5.74) is 4.18. The number of nitrogens with one attached hydrogen (secondary N) is 2. The summed E-state index contributed by atoms with van der Waals surface area (Å²) >= 11 is 0. The maximum Gasteiger partial charge on any atom is 0.294 e. The Hall–Kier alpha value is -4.71. The van der Waals surface area contributed by atoms with E-state index in [4.69, 9.17) is 9.72 Å². The predicted molar refractivity (Wildman–Crippen MR) is 161 cm³/mol. The highest BCUT2D eigenvalue weighted by Gasteiger charge is 2.23. The average Bonchev–Trinajstić information content (AvgIpc) is 3.33. The maximum atomic E-state index is 12.2. The number of para-hydroxylation sites is 1. The lowest BCUT2D eigenvalue weighted by atomic mass is 10.0. The minimum absolute atomic E-state index is 0.0581. The first-order valence-electron chi connectivity index (χ1n) is 13.3. The van der Waals surface area contributed by atoms with Gasteiger partial charge in [-0.05, 0) is 32.1 Å². The van der Waals surface area contributed by atoms with Crippen LogP contribution >= 0.6 is 0 Å². The highest BCUT2D eigenvalue weighted by molar-refractivity contribution is 5.96. The summed E-state index contributed by atoms with van der Waals surface area (Å²) < 4.78 is 7.52. The molecule has 0 saturated carbocycles. The number of hydrogen-bond donors (Lipinski definition) is 2. The quantitative estimate of drug-likeness (QED) is 0.194. The van der Waals surface area contributed by atoms with Crippen LogP contribution in [0.25, 0.3) is 22.2 Å². The number of fused-ring (bicyclic) bond motifs is 1. The molecule has 2 heterocycles. The lowest BCUT2D eigenvalue weighted by molar-refractivity contribution is -0.384. The summed E-state index contributed by atoms with van der Waals surface area (Å²) in [4.78, 5) is 37.0. The van der Waals surface area contributed by atoms with E-state index in [0.29, 0.717) is 35.8 Å². The molecule has 0 aliphatic heterocycles. The van der Waals surface area contributed by atoms with Crippen LogP contribution in [-0.2, 0) is 17.8 Å². The third-order valence-electron chi connectivity index (χ3n) is 6.92. The fourth-order valence-electron chi connectivity index (χ4n) is 4.63. The Bertz CT molecular complexity index is 1570. The van der Waals surface area contributed by atoms with Crippen LogP contribution in [0.15, 0.2) is 48.8 Å². The van der Waals surface area contributed by atoms with Crippen molar-refractivity contribution in [2.24, 2.45) is 0 Å². The minimum Gasteiger partial charge on any atom is -0.494 e. The molecule has 2 aromatic heterocycles. The Labute approximate surface area is 239 Å². The molecule has 0 saturated heterocycles. The van der Waals surface area contributed by atoms with E-state index in [-0.39, 0.29) is 24.1 Å². The van der Waals surface area contributed by atoms with Crippen LogP contribution in [0.2, 0.25) is 0 Å². The van der Waals surface area contributed by atoms with Crippen molar-refractivity contribution in [1.82, 2.24) is 24.8 Å². The smallest absolute Gasteiger partial charge is 0.294 e. The van der Waals surface area contributed by atoms with Gasteiger partial charge in [0.05, 0.1) is 23.4 Å². The fraction of sp³-hybridized carbons (Fsp3) is 0.345. The second-order valence-electron chi connectivity index (χ2n) is 9.93. The van der Waals surface area contributed by atoms with Gasteiger partial charge < -0.3 is 29.7 Å². The number of hydrogen-bond acceptors (Lipinski definition) is 9. The Morgan fingerprint density at radius 2 is 1.93 bits per heavy atom. The number of likely N-dealkylation sites (N-methyl/N-ethyl adjacent to an activating group) is 3. The lowest BCUT2D eigenvalue weighted by Crippen LogP contribution is -2.28. The van der Waals surface area contributed by atoms with E-state index in [2.05, 4.69) is 15.6 Å². The molecule has 4 rings (SSSR count). The number of ether oxygens (including phenoxy) is 1. The average molecular weight is 561 g/mol. The van der Waals surface area contributed by atoms with E-state index in [0.717, 1.165) is 28.6 Å². The van der Waals surface area contributed by atoms with Gasteiger partial charge in [0, 0.05) is 68.2 Å². The monoisotopic (exact) mass is 560 g/mol. The number of nitro benzene ring substituents is 1. The van der Waals surface area contributed by atoms with Crippen LogP contribution in [0.1, 0.15) is 12.5 Å². The van der Waals surface area contributed by atoms with E-state index < -0.39 is 4.92 Å². The van der Waals surface area contributed by atoms with Crippen molar-refractivity contribution in [2.75, 3.05) is 58.6 Å². The van der Waals surface area contributed by atoms with Gasteiger partial charge in [-0.3, -0.25) is 14.9 Å². The highest BCUT2D eigenvalue weighted by Crippen LogP contribution is 2.39. The van der Waals surface area contributed by atoms with Crippen LogP contribution in [0.5, 0.6) is 5.75 Å². The largest absolute Gasteiger partial charge is 0.494 e. The molecule has 1 amide bonds. The van der Waals surface area contributed by atoms with Crippen LogP contribution in [-0.4, -0.2) is 78.7 Å². The first-order valence-corrected chi connectivity index (χ1v) is 13.3. The van der Waals surface area contributed by atoms with Gasteiger partial charge in [0.15, 0.2) is 0 Å². The van der Waals surface area contributed by atoms with Gasteiger partial charge in [0.1, 0.15) is 18.0 Å². The Morgan fingerprint density at radius 1 is 1.17 bits per heavy atom. The topological polar surface area (TPSA) is 131 Å². The predicted octanol–water partition coefficient (Wildman–Crippen LogP) is 4.06. The van der Waals surface area contributed by atoms with E-state index >= 15 is 0 Å². The number of aromatic nitrogens is 3. The van der Waals surface area contributed by atoms with Crippen molar-refractivity contribution in [1.29, 1.82) is 0 Å². The first-order chi connectivity index (χ1) is 19.7. The molecule has 12 nitrogen and oxygen atoms in total. The third-order valence-corrected chi connectivity index (χ3v) is 6.92. The number of nitrogens with zero attached hydrogens (tertiary/aromatic N) is 6. The molecule has 41 heavy (non-hydrogen) atoms. The molecule has 2 aromatic carbocycles. The Kier molecular flexibility index (Phi) is 9.03. The van der Waals surface area contributed by atoms with Crippen molar-refractivity contribution in [2.45, 2.75) is 19.9 Å². The number of carbonyl (C=O) groups excluding carboxylic acids is 1. The number of nitro groups is 1. The van der Waals surface area contributed by atoms with E-state index in [1.54, 1.807) is 19.3 Å². The molecule has 0 aliphatic rings. The van der Waals surface area contributed by atoms with Crippen LogP contribution in [0.3, 0.4) is 0 Å². The molecule has 0 bridgehead atoms. The molecule has 0 unspecified atom stereocenters. The summed E-state index contributed by atoms with van der Waals surface area (Å²) in [6.45, 7) is 3.53. The zero-order valence-corrected chi connectivity index (χ0v) is 24.3. The molecule has 216 valence electrons. The van der Waals surface area contributed by atoms with Crippen LogP contribution < -0.4 is 20.3 Å². The third kappa shape index (κ3) is 6.38. The number of rotatable bonds is 12. The molecule has 12 heteroatoms. The highest BCUT2D eigenvalue weighted by atomic mass is 16.6. The number of anilines is 3. The first kappa shape index (κ1) is 29.3. The van der Waals surface area contributed by atoms with Gasteiger partial charge in [-0.15, -0.1) is 0 Å². The van der Waals surface area contributed by atoms with Crippen molar-refractivity contribution in [3.8, 4) is 17.0 Å². The molecule has 4 aromatic rings. The number of benzene rings is 2. The summed E-state index contributed by atoms with van der Waals surface area (Å²) in [6, 6.07) is 11.0. The summed E-state index contributed by atoms with van der Waals surface area (Å²) in [5, 5.41) is 18.8. The lowest BCUT2D eigenvalue weighted by Gasteiger charge is -2.22. The number of amides is 1. The van der Waals surface area contributed by atoms with Crippen LogP contribution in [0.4, 0.5) is 23.0 Å². The van der Waals surface area contributed by atoms with Gasteiger partial charge in [0.2, 0.25) is 11.9 Å². The van der Waals surface area contributed by atoms with Crippen molar-refractivity contribution in [3.05, 3.63) is 64.5 Å². The zero-order chi connectivity index (χ0) is 29.7. The van der Waals surface area contributed by atoms with Crippen LogP contribution in [0, 0.1) is 10.1 Å². The van der Waals surface area contributed by atoms with E-state index in [1.165, 1.54) is 13.2 Å². The fourth-order valence-corrected chi connectivity index (χ4v) is 4.63. The van der Waals surface area contributed by atoms with E-state index in [1.807, 2.05) is 72.9 Å². The van der Waals surface area contributed by atoms with E-state index in [9.17, 15) is 14.9 Å². The standard InChI is InChI=1S/C29H36N8O4/c1-7-19-16-31-29(33-28(19)21-17-36(18-27(38)30-2)23-11-9-8-10-20(21)23)32-22-14-25(37(39)40)24(15-26(22)41-6)35(5)13-12-34(3)4/h8-11,14-17H,7,12-13,18H2,1-6H3,(H,30,38)(H,31,32,33). The van der Waals surface area contributed by atoms with Crippen molar-refractivity contribution in [3.63, 3.8) is 0 Å². The number of methoxy groups -OCH3 is 1. The van der Waals surface area contributed by atoms with Gasteiger partial charge in [-0.1, -0.05) is 25.1 Å². The number of aryl methyl sites for hydroxylation is 1. The summed E-state index contributed by atoms with van der Waals surface area (Å²) in [5.74, 6) is 0.582. The van der Waals surface area contributed by atoms with Gasteiger partial charge in [-0.2, -0.15) is 0 Å². The molecule has 0 aliphatic carbocycles. The minimum atomic E-state index is -0.403. The molecule has 0 fully saturated rings. The number of carbonyl (C=O) groups is 1. The summed E-state index contributed by atoms with van der Waals surface area (Å²) in [7, 11) is 8.85. The normalized spacial score (nSPS) is 11.1. The van der Waals surface area contributed by atoms with Crippen molar-refractivity contribution >= 4 is 39.8 Å². The van der Waals surface area contributed by atoms with Gasteiger partial charge >= 0.3 is 0 Å². The molecule has 0 atom stereocenters. The molecule has 0 radical (unpaired) electrons. The molecule has 2 N–H and O–H groups in total. The van der Waals surface area contributed by atoms with Crippen molar-refractivity contribution < 1.29 is 14.5 Å². The summed E-state index contributed by atoms with van der Waals surface area (Å²) in [6.07, 6.45) is 4.36. The van der Waals surface area contributed by atoms with Gasteiger partial charge in [-0.25, -0.2) is 9.97 Å². The maximum absolute atomic E-state index is 12.2. The Morgan fingerprint density at radius 3 is 2.59 bits per heavy atom. The van der Waals surface area contributed by atoms with Gasteiger partial charge in [0.25, 0.3) is 5.69 Å². The second kappa shape index (κ2) is 12.6. The molecular weight excluding hydrogens is 524 g/mol. The second-order valence-corrected chi connectivity index (χ2v) is 9.93. The Balaban J connectivity index is 1.77. The molecule has 0 spiro atoms. The SMILES string of the molecule is CCc1cnc(Nc2cc([N+](=O)[O-])c(N(C)CCN(C)C)cc2OC)nc1-c1cn(CC(=O)NC)c2ccccc12.